The third kappa shape index (κ3) is 24.0. The van der Waals surface area contributed by atoms with E-state index in [1.165, 1.54) is 12.7 Å². The van der Waals surface area contributed by atoms with Crippen LogP contribution in [0.3, 0.4) is 0 Å². The minimum atomic E-state index is -0.546. The lowest BCUT2D eigenvalue weighted by Crippen LogP contribution is -2.51. The van der Waals surface area contributed by atoms with E-state index in [1.807, 2.05) is 136 Å². The van der Waals surface area contributed by atoms with Crippen LogP contribution in [0.5, 0.6) is 0 Å². The zero-order chi connectivity index (χ0) is 82.9. The van der Waals surface area contributed by atoms with Crippen molar-refractivity contribution in [1.29, 1.82) is 0 Å². The maximum absolute atomic E-state index is 13.8. The van der Waals surface area contributed by atoms with Gasteiger partial charge in [-0.05, 0) is 133 Å². The summed E-state index contributed by atoms with van der Waals surface area (Å²) < 4.78 is 11.1. The maximum atomic E-state index is 13.8. The number of carbonyl (C=O) groups is 5. The monoisotopic (exact) mass is 1770 g/mol. The van der Waals surface area contributed by atoms with Gasteiger partial charge in [-0.3, -0.25) is 14.4 Å². The van der Waals surface area contributed by atoms with E-state index < -0.39 is 24.4 Å². The van der Waals surface area contributed by atoms with Gasteiger partial charge in [0.15, 0.2) is 0 Å². The van der Waals surface area contributed by atoms with Gasteiger partial charge in [0.2, 0.25) is 17.7 Å². The second-order valence-corrected chi connectivity index (χ2v) is 32.8. The van der Waals surface area contributed by atoms with Crippen LogP contribution in [0.15, 0.2) is 152 Å². The van der Waals surface area contributed by atoms with Gasteiger partial charge in [-0.15, -0.1) is 0 Å². The first-order valence-electron chi connectivity index (χ1n) is 40.5. The molecule has 3 fully saturated rings. The molecule has 9 N–H and O–H groups in total. The molecule has 3 aliphatic carbocycles. The minimum Gasteiger partial charge on any atom is -0.445 e. The highest BCUT2D eigenvalue weighted by molar-refractivity contribution is 14.1. The van der Waals surface area contributed by atoms with Crippen LogP contribution in [0.2, 0.25) is 15.1 Å². The highest BCUT2D eigenvalue weighted by Crippen LogP contribution is 2.46. The standard InChI is InChI=1S/C32H38ClN5O4.C24H32ClN5O2.C21H26ClN5O2.C10H12INO2/c1-22-19-27(39)29-28(22)30(36-21-35-29)37-15-17-38(18-16-37)31(40)26(24-10-12-25(33)13-11-24)9-5-6-14-34-32(41)42-20-23-7-3-2-4-8-23;1-16-14-20(31)22-21(16)23(28-15-27-22)29-10-12-30(13-11-29)24(32)19(4-2-3-9-26)17-5-7-18(25)8-6-17;1-13-10-17(28)19-18(13)20(25-12-24-19)26-6-8-27(9-7-26)21(29)16(11-23)14-2-4-15(22)5-3-14;11-6-7-12-10(13)14-8-9-4-2-1-3-5-9/h2-4,7-8,10-13,21-22,26-27,39H,5-6,9,14-20H2,1H3,(H,34,41);5-8,15-16,19-20,31H,2-4,9-14,26H2,1H3;2-5,12-13,16-17,28H,6-11,23H2,1H3;1-5H,6-8H2,(H,12,13)/t22-,26-,27-;16-,19-,20-;13-,16-,17-;/m111./s1. The van der Waals surface area contributed by atoms with Gasteiger partial charge in [-0.2, -0.15) is 0 Å². The number of fused-ring (bicyclic) bond motifs is 3. The Labute approximate surface area is 713 Å². The molecule has 3 aliphatic heterocycles. The summed E-state index contributed by atoms with van der Waals surface area (Å²) in [6, 6.07) is 41.6. The van der Waals surface area contributed by atoms with Gasteiger partial charge >= 0.3 is 12.2 Å². The molecule has 30 heteroatoms. The summed E-state index contributed by atoms with van der Waals surface area (Å²) in [7, 11) is 0. The lowest BCUT2D eigenvalue weighted by atomic mass is 9.91. The molecule has 0 spiro atoms. The molecule has 9 atom stereocenters. The third-order valence-electron chi connectivity index (χ3n) is 22.4. The summed E-state index contributed by atoms with van der Waals surface area (Å²) >= 11 is 20.4. The molecule has 8 aromatic rings. The van der Waals surface area contributed by atoms with Crippen LogP contribution in [0.25, 0.3) is 0 Å². The van der Waals surface area contributed by atoms with E-state index in [2.05, 4.69) is 98.6 Å². The number of amides is 5. The van der Waals surface area contributed by atoms with Crippen LogP contribution >= 0.6 is 57.4 Å². The van der Waals surface area contributed by atoms with Crippen molar-refractivity contribution in [2.24, 2.45) is 11.5 Å². The van der Waals surface area contributed by atoms with Gasteiger partial charge in [0.05, 0.1) is 53.1 Å². The van der Waals surface area contributed by atoms with Gasteiger partial charge < -0.3 is 76.3 Å². The average Bonchev–Trinajstić information content (AvgIpc) is 1.66. The first-order chi connectivity index (χ1) is 56.7. The highest BCUT2D eigenvalue weighted by Gasteiger charge is 2.39. The third-order valence-corrected chi connectivity index (χ3v) is 23.7. The summed E-state index contributed by atoms with van der Waals surface area (Å²) in [4.78, 5) is 102. The van der Waals surface area contributed by atoms with Crippen LogP contribution in [-0.2, 0) is 37.1 Å². The van der Waals surface area contributed by atoms with E-state index >= 15 is 0 Å². The number of ether oxygens (including phenoxy) is 2. The Bertz CT molecular complexity index is 4520. The summed E-state index contributed by atoms with van der Waals surface area (Å²) in [5.41, 5.74) is 21.7. The zero-order valence-electron chi connectivity index (χ0n) is 66.7. The molecule has 0 bridgehead atoms. The zero-order valence-corrected chi connectivity index (χ0v) is 71.1. The fourth-order valence-corrected chi connectivity index (χ4v) is 16.8. The first-order valence-corrected chi connectivity index (χ1v) is 43.2. The van der Waals surface area contributed by atoms with E-state index in [9.17, 15) is 39.3 Å². The number of benzene rings is 5. The van der Waals surface area contributed by atoms with Gasteiger partial charge in [-0.1, -0.05) is 188 Å². The predicted molar refractivity (Wildman–Crippen MR) is 463 cm³/mol. The summed E-state index contributed by atoms with van der Waals surface area (Å²) in [6.07, 6.45) is 9.02. The second kappa shape index (κ2) is 44.2. The SMILES string of the molecule is C[C@@H]1C[C@@H](O)c2ncnc(N3CCN(C(=O)[C@H](CCCCN)c4ccc(Cl)cc4)CC3)c21.C[C@@H]1C[C@@H](O)c2ncnc(N3CCN(C(=O)[C@H](CCCCNC(=O)OCc4ccccc4)c4ccc(Cl)cc4)CC3)c21.C[C@@H]1C[C@@H](O)c2ncnc(N3CCN(C(=O)[C@H](CN)c4ccc(Cl)cc4)CC3)c21.O=C(NCCI)OCc1ccccc1. The number of nitrogens with one attached hydrogen (secondary N) is 2. The summed E-state index contributed by atoms with van der Waals surface area (Å²) in [6.45, 7) is 16.7. The van der Waals surface area contributed by atoms with Gasteiger partial charge in [-0.25, -0.2) is 39.5 Å². The molecule has 5 amide bonds. The van der Waals surface area contributed by atoms with Crippen LogP contribution in [0.1, 0.15) is 194 Å². The normalized spacial score (nSPS) is 19.4. The van der Waals surface area contributed by atoms with Crippen molar-refractivity contribution in [3.8, 4) is 0 Å². The lowest BCUT2D eigenvalue weighted by molar-refractivity contribution is -0.134. The number of piperazine rings is 3. The van der Waals surface area contributed by atoms with Gasteiger partial charge in [0.1, 0.15) is 49.6 Å². The van der Waals surface area contributed by atoms with Crippen molar-refractivity contribution >= 4 is 105 Å². The quantitative estimate of drug-likeness (QED) is 0.0159. The molecule has 117 heavy (non-hydrogen) atoms. The molecular formula is C87H108Cl3IN16O10. The maximum Gasteiger partial charge on any atom is 0.407 e. The van der Waals surface area contributed by atoms with E-state index in [1.54, 1.807) is 18.5 Å². The molecule has 3 saturated heterocycles. The Morgan fingerprint density at radius 1 is 0.436 bits per heavy atom. The number of hydrogen-bond acceptors (Lipinski definition) is 21. The van der Waals surface area contributed by atoms with Crippen LogP contribution in [0, 0.1) is 0 Å². The summed E-state index contributed by atoms with van der Waals surface area (Å²) in [5, 5.41) is 38.3. The number of halogens is 4. The number of aromatic nitrogens is 6. The van der Waals surface area contributed by atoms with Crippen molar-refractivity contribution in [1.82, 2.24) is 55.2 Å². The first kappa shape index (κ1) is 88.9. The van der Waals surface area contributed by atoms with Crippen molar-refractivity contribution in [3.05, 3.63) is 229 Å². The lowest BCUT2D eigenvalue weighted by Gasteiger charge is -2.38. The molecule has 3 aromatic heterocycles. The van der Waals surface area contributed by atoms with Crippen LogP contribution in [0.4, 0.5) is 27.0 Å². The van der Waals surface area contributed by atoms with Gasteiger partial charge in [0, 0.05) is 134 Å². The highest BCUT2D eigenvalue weighted by atomic mass is 127. The molecule has 0 unspecified atom stereocenters. The number of anilines is 3. The molecule has 6 heterocycles. The fraction of sp³-hybridized carbons (Fsp3) is 0.460. The van der Waals surface area contributed by atoms with E-state index in [-0.39, 0.29) is 72.5 Å². The average molecular weight is 1770 g/mol. The molecule has 5 aromatic carbocycles. The van der Waals surface area contributed by atoms with Gasteiger partial charge in [0.25, 0.3) is 0 Å². The van der Waals surface area contributed by atoms with Crippen molar-refractivity contribution in [2.75, 3.05) is 124 Å². The minimum absolute atomic E-state index is 0.0474. The van der Waals surface area contributed by atoms with Crippen molar-refractivity contribution < 1.29 is 48.8 Å². The largest absolute Gasteiger partial charge is 0.445 e. The molecule has 0 saturated carbocycles. The van der Waals surface area contributed by atoms with Crippen LogP contribution < -0.4 is 36.8 Å². The van der Waals surface area contributed by atoms with Crippen molar-refractivity contribution in [2.45, 2.75) is 146 Å². The van der Waals surface area contributed by atoms with E-state index in [4.69, 9.17) is 55.7 Å². The number of aliphatic hydroxyl groups is 3. The predicted octanol–water partition coefficient (Wildman–Crippen LogP) is 12.8. The Morgan fingerprint density at radius 3 is 1.08 bits per heavy atom. The Kier molecular flexibility index (Phi) is 33.6. The number of aliphatic hydroxyl groups excluding tert-OH is 3. The smallest absolute Gasteiger partial charge is 0.407 e. The molecule has 6 aliphatic rings. The number of unbranched alkanes of at least 4 members (excludes halogenated alkanes) is 2. The number of hydrogen-bond donors (Lipinski definition) is 7. The number of carbonyl (C=O) groups excluding carboxylic acids is 5. The fourth-order valence-electron chi connectivity index (χ4n) is 16.1. The van der Waals surface area contributed by atoms with Crippen LogP contribution in [-0.4, -0.2) is 199 Å². The topological polar surface area (TPSA) is 337 Å². The Hall–Kier alpha value is -8.91. The molecule has 0 radical (unpaired) electrons. The Morgan fingerprint density at radius 2 is 0.752 bits per heavy atom. The Balaban J connectivity index is 0.000000161. The van der Waals surface area contributed by atoms with E-state index in [0.717, 1.165) is 116 Å². The number of alkyl halides is 1. The molecule has 624 valence electrons. The molecule has 14 rings (SSSR count). The molecular weight excluding hydrogens is 1660 g/mol. The number of nitrogens with two attached hydrogens (primary N) is 2. The summed E-state index contributed by atoms with van der Waals surface area (Å²) in [5.74, 6) is 2.80. The van der Waals surface area contributed by atoms with Crippen molar-refractivity contribution in [3.63, 3.8) is 0 Å². The number of rotatable bonds is 25. The van der Waals surface area contributed by atoms with E-state index in [0.29, 0.717) is 146 Å². The molecule has 26 nitrogen and oxygen atoms in total. The number of nitrogens with zero attached hydrogens (tertiary/aromatic N) is 12. The second-order valence-electron chi connectivity index (χ2n) is 30.4. The number of alkyl carbamates (subject to hydrolysis) is 2.